The fourth-order valence-electron chi connectivity index (χ4n) is 5.84. The SMILES string of the molecule is C[C@]1(C(=O)NC2CCCCCCC2)Cn2c(cc3occc32)C(=O)N1CCCN1CCOCC1. The van der Waals surface area contributed by atoms with E-state index in [0.717, 1.165) is 70.5 Å². The standard InChI is InChI=1S/C26H38N4O4/c1-26(25(32)27-20-8-5-3-2-4-6-9-20)19-29-21-10-15-34-23(21)18-22(29)24(31)30(26)12-7-11-28-13-16-33-17-14-28/h10,15,18,20H,2-9,11-14,16-17,19H2,1H3,(H,27,32)/t26-/m1/s1. The van der Waals surface area contributed by atoms with Crippen LogP contribution in [0.5, 0.6) is 0 Å². The first-order chi connectivity index (χ1) is 16.6. The number of ether oxygens (including phenoxy) is 1. The lowest BCUT2D eigenvalue weighted by Crippen LogP contribution is -2.65. The van der Waals surface area contributed by atoms with Gasteiger partial charge in [-0.15, -0.1) is 0 Å². The number of rotatable bonds is 6. The first kappa shape index (κ1) is 23.4. The number of carbonyl (C=O) groups excluding carboxylic acids is 2. The van der Waals surface area contributed by atoms with E-state index in [2.05, 4.69) is 10.2 Å². The summed E-state index contributed by atoms with van der Waals surface area (Å²) in [4.78, 5) is 31.8. The van der Waals surface area contributed by atoms with Crippen LogP contribution >= 0.6 is 0 Å². The molecule has 0 aromatic carbocycles. The van der Waals surface area contributed by atoms with Crippen LogP contribution in [0.25, 0.3) is 11.1 Å². The minimum atomic E-state index is -0.944. The van der Waals surface area contributed by atoms with E-state index in [1.807, 2.05) is 28.5 Å². The molecule has 1 saturated carbocycles. The van der Waals surface area contributed by atoms with Crippen LogP contribution in [0.4, 0.5) is 0 Å². The quantitative estimate of drug-likeness (QED) is 0.700. The third-order valence-electron chi connectivity index (χ3n) is 7.94. The fraction of sp³-hybridized carbons (Fsp3) is 0.692. The summed E-state index contributed by atoms with van der Waals surface area (Å²) in [5.41, 5.74) is 1.24. The minimum absolute atomic E-state index is 0.0335. The highest BCUT2D eigenvalue weighted by molar-refractivity contribution is 6.02. The highest BCUT2D eigenvalue weighted by Crippen LogP contribution is 2.33. The number of hydrogen-bond donors (Lipinski definition) is 1. The lowest BCUT2D eigenvalue weighted by atomic mass is 9.92. The Morgan fingerprint density at radius 3 is 2.62 bits per heavy atom. The van der Waals surface area contributed by atoms with E-state index in [9.17, 15) is 9.59 Å². The molecule has 186 valence electrons. The van der Waals surface area contributed by atoms with Gasteiger partial charge in [0, 0.05) is 44.4 Å². The number of hydrogen-bond acceptors (Lipinski definition) is 5. The Kier molecular flexibility index (Phi) is 6.97. The lowest BCUT2D eigenvalue weighted by molar-refractivity contribution is -0.133. The van der Waals surface area contributed by atoms with Crippen LogP contribution in [0, 0.1) is 0 Å². The monoisotopic (exact) mass is 470 g/mol. The van der Waals surface area contributed by atoms with Gasteiger partial charge < -0.3 is 23.9 Å². The Balaban J connectivity index is 1.36. The van der Waals surface area contributed by atoms with Gasteiger partial charge in [-0.1, -0.05) is 32.1 Å². The lowest BCUT2D eigenvalue weighted by Gasteiger charge is -2.45. The molecule has 1 saturated heterocycles. The van der Waals surface area contributed by atoms with Gasteiger partial charge in [-0.05, 0) is 26.2 Å². The zero-order chi connectivity index (χ0) is 23.5. The molecule has 8 heteroatoms. The summed E-state index contributed by atoms with van der Waals surface area (Å²) in [6.07, 6.45) is 10.6. The van der Waals surface area contributed by atoms with E-state index < -0.39 is 5.54 Å². The molecule has 0 bridgehead atoms. The maximum Gasteiger partial charge on any atom is 0.271 e. The number of nitrogens with zero attached hydrogens (tertiary/aromatic N) is 3. The van der Waals surface area contributed by atoms with E-state index in [1.165, 1.54) is 19.3 Å². The van der Waals surface area contributed by atoms with Crippen LogP contribution in [0.15, 0.2) is 22.8 Å². The van der Waals surface area contributed by atoms with E-state index >= 15 is 0 Å². The number of nitrogens with one attached hydrogen (secondary N) is 1. The maximum absolute atomic E-state index is 13.8. The molecular weight excluding hydrogens is 432 g/mol. The van der Waals surface area contributed by atoms with Gasteiger partial charge in [0.25, 0.3) is 5.91 Å². The summed E-state index contributed by atoms with van der Waals surface area (Å²) in [5.74, 6) is -0.122. The summed E-state index contributed by atoms with van der Waals surface area (Å²) >= 11 is 0. The molecule has 8 nitrogen and oxygen atoms in total. The summed E-state index contributed by atoms with van der Waals surface area (Å²) in [7, 11) is 0. The van der Waals surface area contributed by atoms with Crippen LogP contribution in [-0.4, -0.2) is 77.2 Å². The van der Waals surface area contributed by atoms with Crippen molar-refractivity contribution in [3.8, 4) is 0 Å². The van der Waals surface area contributed by atoms with E-state index in [1.54, 1.807) is 6.26 Å². The van der Waals surface area contributed by atoms with Gasteiger partial charge in [-0.2, -0.15) is 0 Å². The summed E-state index contributed by atoms with van der Waals surface area (Å²) < 4.78 is 13.0. The van der Waals surface area contributed by atoms with Crippen molar-refractivity contribution in [3.63, 3.8) is 0 Å². The highest BCUT2D eigenvalue weighted by atomic mass is 16.5. The molecule has 34 heavy (non-hydrogen) atoms. The molecule has 2 fully saturated rings. The molecule has 3 aliphatic rings. The topological polar surface area (TPSA) is 80.0 Å². The summed E-state index contributed by atoms with van der Waals surface area (Å²) in [6, 6.07) is 3.89. The van der Waals surface area contributed by atoms with Crippen LogP contribution in [0.3, 0.4) is 0 Å². The van der Waals surface area contributed by atoms with Crippen molar-refractivity contribution >= 4 is 22.9 Å². The largest absolute Gasteiger partial charge is 0.463 e. The number of morpholine rings is 1. The second-order valence-corrected chi connectivity index (χ2v) is 10.3. The zero-order valence-corrected chi connectivity index (χ0v) is 20.4. The van der Waals surface area contributed by atoms with Crippen molar-refractivity contribution in [2.75, 3.05) is 39.4 Å². The molecule has 2 aliphatic heterocycles. The van der Waals surface area contributed by atoms with E-state index in [0.29, 0.717) is 24.4 Å². The average Bonchev–Trinajstić information content (AvgIpc) is 3.41. The van der Waals surface area contributed by atoms with E-state index in [-0.39, 0.29) is 17.9 Å². The van der Waals surface area contributed by atoms with Crippen molar-refractivity contribution in [1.82, 2.24) is 19.7 Å². The van der Waals surface area contributed by atoms with Crippen molar-refractivity contribution in [2.45, 2.75) is 76.4 Å². The smallest absolute Gasteiger partial charge is 0.271 e. The molecule has 2 amide bonds. The third-order valence-corrected chi connectivity index (χ3v) is 7.94. The Morgan fingerprint density at radius 1 is 1.12 bits per heavy atom. The van der Waals surface area contributed by atoms with Crippen LogP contribution in [0.1, 0.15) is 68.8 Å². The first-order valence-electron chi connectivity index (χ1n) is 13.1. The van der Waals surface area contributed by atoms with Crippen molar-refractivity contribution in [2.24, 2.45) is 0 Å². The molecule has 0 unspecified atom stereocenters. The number of aromatic nitrogens is 1. The van der Waals surface area contributed by atoms with E-state index in [4.69, 9.17) is 9.15 Å². The van der Waals surface area contributed by atoms with Crippen LogP contribution in [0.2, 0.25) is 0 Å². The van der Waals surface area contributed by atoms with Gasteiger partial charge in [0.15, 0.2) is 5.58 Å². The first-order valence-corrected chi connectivity index (χ1v) is 13.1. The molecule has 2 aromatic heterocycles. The van der Waals surface area contributed by atoms with Gasteiger partial charge in [0.2, 0.25) is 5.91 Å². The predicted octanol–water partition coefficient (Wildman–Crippen LogP) is 3.40. The zero-order valence-electron chi connectivity index (χ0n) is 20.4. The molecule has 0 radical (unpaired) electrons. The Hall–Kier alpha value is -2.32. The predicted molar refractivity (Wildman–Crippen MR) is 130 cm³/mol. The van der Waals surface area contributed by atoms with Crippen LogP contribution < -0.4 is 5.32 Å². The van der Waals surface area contributed by atoms with Gasteiger partial charge in [0.1, 0.15) is 11.2 Å². The minimum Gasteiger partial charge on any atom is -0.463 e. The molecule has 2 aromatic rings. The van der Waals surface area contributed by atoms with Gasteiger partial charge >= 0.3 is 0 Å². The Labute approximate surface area is 201 Å². The third kappa shape index (κ3) is 4.62. The maximum atomic E-state index is 13.8. The number of fused-ring (bicyclic) bond motifs is 3. The molecule has 0 spiro atoms. The molecule has 5 rings (SSSR count). The highest BCUT2D eigenvalue weighted by Gasteiger charge is 2.48. The van der Waals surface area contributed by atoms with Crippen LogP contribution in [-0.2, 0) is 16.1 Å². The summed E-state index contributed by atoms with van der Waals surface area (Å²) in [6.45, 7) is 7.20. The van der Waals surface area contributed by atoms with Crippen molar-refractivity contribution in [1.29, 1.82) is 0 Å². The fourth-order valence-corrected chi connectivity index (χ4v) is 5.84. The molecule has 1 aliphatic carbocycles. The molecule has 1 N–H and O–H groups in total. The number of carbonyl (C=O) groups is 2. The number of amides is 2. The Bertz CT molecular complexity index is 1000. The summed E-state index contributed by atoms with van der Waals surface area (Å²) in [5, 5.41) is 3.36. The van der Waals surface area contributed by atoms with Crippen molar-refractivity contribution in [3.05, 3.63) is 24.1 Å². The second kappa shape index (κ2) is 10.1. The van der Waals surface area contributed by atoms with Crippen molar-refractivity contribution < 1.29 is 18.7 Å². The normalized spacial score (nSPS) is 25.2. The molecular formula is C26H38N4O4. The molecule has 4 heterocycles. The number of furan rings is 1. The van der Waals surface area contributed by atoms with Gasteiger partial charge in [-0.25, -0.2) is 0 Å². The van der Waals surface area contributed by atoms with Gasteiger partial charge in [-0.3, -0.25) is 14.5 Å². The van der Waals surface area contributed by atoms with Gasteiger partial charge in [0.05, 0.1) is 31.5 Å². The molecule has 1 atom stereocenters. The second-order valence-electron chi connectivity index (χ2n) is 10.3. The average molecular weight is 471 g/mol. The Morgan fingerprint density at radius 2 is 1.85 bits per heavy atom.